The molecule has 1 saturated heterocycles. The highest BCUT2D eigenvalue weighted by Crippen LogP contribution is 2.36. The summed E-state index contributed by atoms with van der Waals surface area (Å²) < 4.78 is 5.51. The summed E-state index contributed by atoms with van der Waals surface area (Å²) in [5.41, 5.74) is 5.59. The van der Waals surface area contributed by atoms with Gasteiger partial charge < -0.3 is 15.4 Å². The van der Waals surface area contributed by atoms with Crippen molar-refractivity contribution in [1.29, 1.82) is 0 Å². The van der Waals surface area contributed by atoms with Crippen LogP contribution in [0.15, 0.2) is 12.4 Å². The summed E-state index contributed by atoms with van der Waals surface area (Å²) in [6, 6.07) is 0.500. The smallest absolute Gasteiger partial charge is 0.149 e. The van der Waals surface area contributed by atoms with E-state index >= 15 is 0 Å². The van der Waals surface area contributed by atoms with Crippen LogP contribution in [0.4, 0.5) is 11.6 Å². The Balaban J connectivity index is 1.87. The van der Waals surface area contributed by atoms with Gasteiger partial charge in [0.15, 0.2) is 0 Å². The third-order valence-corrected chi connectivity index (χ3v) is 2.70. The van der Waals surface area contributed by atoms with Gasteiger partial charge in [-0.1, -0.05) is 0 Å². The topological polar surface area (TPSA) is 64.3 Å². The molecule has 0 radical (unpaired) electrons. The first-order valence-corrected chi connectivity index (χ1v) is 4.80. The molecule has 1 aromatic rings. The zero-order valence-corrected chi connectivity index (χ0v) is 7.76. The van der Waals surface area contributed by atoms with Gasteiger partial charge in [-0.15, -0.1) is 0 Å². The third-order valence-electron chi connectivity index (χ3n) is 2.70. The van der Waals surface area contributed by atoms with Crippen molar-refractivity contribution in [3.05, 3.63) is 12.4 Å². The quantitative estimate of drug-likeness (QED) is 0.680. The predicted octanol–water partition coefficient (Wildman–Crippen LogP) is 0.0363. The van der Waals surface area contributed by atoms with E-state index in [4.69, 9.17) is 10.5 Å². The molecule has 5 heteroatoms. The summed E-state index contributed by atoms with van der Waals surface area (Å²) in [4.78, 5) is 10.5. The summed E-state index contributed by atoms with van der Waals surface area (Å²) in [5.74, 6) is 1.35. The number of fused-ring (bicyclic) bond motifs is 1. The van der Waals surface area contributed by atoms with Gasteiger partial charge in [0.1, 0.15) is 11.6 Å². The normalized spacial score (nSPS) is 29.9. The van der Waals surface area contributed by atoms with Crippen LogP contribution in [0.25, 0.3) is 0 Å². The zero-order chi connectivity index (χ0) is 9.54. The molecule has 1 aliphatic carbocycles. The standard InChI is InChI=1S/C9H12N4O/c10-8-4-11-5-9(12-8)13-1-2-14-7-3-6(7)13/h4-7H,1-3H2,(H2,10,12). The highest BCUT2D eigenvalue weighted by atomic mass is 16.5. The molecule has 2 atom stereocenters. The average molecular weight is 192 g/mol. The number of nitrogens with two attached hydrogens (primary N) is 1. The molecule has 0 amide bonds. The molecule has 14 heavy (non-hydrogen) atoms. The molecule has 0 spiro atoms. The second-order valence-electron chi connectivity index (χ2n) is 3.71. The molecule has 0 bridgehead atoms. The molecule has 74 valence electrons. The Morgan fingerprint density at radius 2 is 2.43 bits per heavy atom. The first kappa shape index (κ1) is 7.99. The first-order valence-electron chi connectivity index (χ1n) is 4.80. The summed E-state index contributed by atoms with van der Waals surface area (Å²) in [7, 11) is 0. The largest absolute Gasteiger partial charge is 0.382 e. The molecule has 1 aromatic heterocycles. The van der Waals surface area contributed by atoms with Crippen molar-refractivity contribution in [2.75, 3.05) is 23.8 Å². The lowest BCUT2D eigenvalue weighted by molar-refractivity contribution is 0.103. The zero-order valence-electron chi connectivity index (χ0n) is 7.76. The highest BCUT2D eigenvalue weighted by molar-refractivity contribution is 5.45. The Labute approximate surface area is 81.9 Å². The predicted molar refractivity (Wildman–Crippen MR) is 51.9 cm³/mol. The Kier molecular flexibility index (Phi) is 1.61. The van der Waals surface area contributed by atoms with E-state index in [0.29, 0.717) is 18.0 Å². The van der Waals surface area contributed by atoms with E-state index in [1.165, 1.54) is 0 Å². The Morgan fingerprint density at radius 3 is 3.29 bits per heavy atom. The number of ether oxygens (including phenoxy) is 1. The minimum Gasteiger partial charge on any atom is -0.382 e. The van der Waals surface area contributed by atoms with Gasteiger partial charge in [-0.3, -0.25) is 4.98 Å². The Hall–Kier alpha value is -1.36. The van der Waals surface area contributed by atoms with Crippen LogP contribution in [0.1, 0.15) is 6.42 Å². The van der Waals surface area contributed by atoms with E-state index in [-0.39, 0.29) is 0 Å². The Bertz CT molecular complexity index is 356. The van der Waals surface area contributed by atoms with E-state index in [1.807, 2.05) is 0 Å². The van der Waals surface area contributed by atoms with Gasteiger partial charge in [0, 0.05) is 6.54 Å². The first-order chi connectivity index (χ1) is 6.84. The van der Waals surface area contributed by atoms with E-state index in [0.717, 1.165) is 25.4 Å². The summed E-state index contributed by atoms with van der Waals surface area (Å²) >= 11 is 0. The van der Waals surface area contributed by atoms with Crippen molar-refractivity contribution in [2.45, 2.75) is 18.6 Å². The van der Waals surface area contributed by atoms with Crippen LogP contribution in [0.2, 0.25) is 0 Å². The molecule has 2 N–H and O–H groups in total. The van der Waals surface area contributed by atoms with Gasteiger partial charge in [-0.2, -0.15) is 0 Å². The van der Waals surface area contributed by atoms with Crippen molar-refractivity contribution in [2.24, 2.45) is 0 Å². The molecule has 0 aromatic carbocycles. The molecule has 2 fully saturated rings. The van der Waals surface area contributed by atoms with Crippen LogP contribution in [0, 0.1) is 0 Å². The van der Waals surface area contributed by atoms with Gasteiger partial charge in [0.25, 0.3) is 0 Å². The van der Waals surface area contributed by atoms with Crippen LogP contribution in [0.5, 0.6) is 0 Å². The SMILES string of the molecule is Nc1cncc(N2CCOC3CC32)n1. The van der Waals surface area contributed by atoms with E-state index in [1.54, 1.807) is 12.4 Å². The monoisotopic (exact) mass is 192 g/mol. The van der Waals surface area contributed by atoms with E-state index in [9.17, 15) is 0 Å². The summed E-state index contributed by atoms with van der Waals surface area (Å²) in [5, 5.41) is 0. The minimum atomic E-state index is 0.409. The molecule has 5 nitrogen and oxygen atoms in total. The van der Waals surface area contributed by atoms with Crippen LogP contribution >= 0.6 is 0 Å². The molecular formula is C9H12N4O. The summed E-state index contributed by atoms with van der Waals surface area (Å²) in [6.07, 6.45) is 4.84. The number of anilines is 2. The van der Waals surface area contributed by atoms with Crippen molar-refractivity contribution < 1.29 is 4.74 Å². The fraction of sp³-hybridized carbons (Fsp3) is 0.556. The number of nitrogens with zero attached hydrogens (tertiary/aromatic N) is 3. The molecule has 1 aliphatic heterocycles. The van der Waals surface area contributed by atoms with Crippen LogP contribution in [-0.2, 0) is 4.74 Å². The molecule has 1 saturated carbocycles. The maximum atomic E-state index is 5.59. The van der Waals surface area contributed by atoms with Gasteiger partial charge in [0.2, 0.25) is 0 Å². The number of nitrogen functional groups attached to an aromatic ring is 1. The fourth-order valence-corrected chi connectivity index (χ4v) is 1.93. The van der Waals surface area contributed by atoms with Crippen molar-refractivity contribution in [1.82, 2.24) is 9.97 Å². The fourth-order valence-electron chi connectivity index (χ4n) is 1.93. The molecule has 2 unspecified atom stereocenters. The lowest BCUT2D eigenvalue weighted by Crippen LogP contribution is -2.37. The lowest BCUT2D eigenvalue weighted by atomic mass is 10.4. The number of aromatic nitrogens is 2. The summed E-state index contributed by atoms with van der Waals surface area (Å²) in [6.45, 7) is 1.66. The Morgan fingerprint density at radius 1 is 1.50 bits per heavy atom. The van der Waals surface area contributed by atoms with E-state index < -0.39 is 0 Å². The minimum absolute atomic E-state index is 0.409. The van der Waals surface area contributed by atoms with Gasteiger partial charge in [-0.05, 0) is 6.42 Å². The van der Waals surface area contributed by atoms with Crippen LogP contribution in [-0.4, -0.2) is 35.3 Å². The average Bonchev–Trinajstić information content (AvgIpc) is 2.95. The van der Waals surface area contributed by atoms with Crippen LogP contribution in [0.3, 0.4) is 0 Å². The molecule has 2 heterocycles. The van der Waals surface area contributed by atoms with Gasteiger partial charge in [0.05, 0.1) is 31.1 Å². The van der Waals surface area contributed by atoms with Crippen molar-refractivity contribution in [3.63, 3.8) is 0 Å². The van der Waals surface area contributed by atoms with Gasteiger partial charge >= 0.3 is 0 Å². The number of rotatable bonds is 1. The number of hydrogen-bond donors (Lipinski definition) is 1. The molecular weight excluding hydrogens is 180 g/mol. The lowest BCUT2D eigenvalue weighted by Gasteiger charge is -2.27. The van der Waals surface area contributed by atoms with Crippen LogP contribution < -0.4 is 10.6 Å². The van der Waals surface area contributed by atoms with Crippen molar-refractivity contribution in [3.8, 4) is 0 Å². The van der Waals surface area contributed by atoms with Crippen molar-refractivity contribution >= 4 is 11.6 Å². The second kappa shape index (κ2) is 2.81. The second-order valence-corrected chi connectivity index (χ2v) is 3.71. The highest BCUT2D eigenvalue weighted by Gasteiger charge is 2.46. The maximum absolute atomic E-state index is 5.59. The third kappa shape index (κ3) is 1.21. The number of hydrogen-bond acceptors (Lipinski definition) is 5. The molecule has 2 aliphatic rings. The van der Waals surface area contributed by atoms with Gasteiger partial charge in [-0.25, -0.2) is 4.98 Å². The number of morpholine rings is 1. The molecule has 3 rings (SSSR count). The van der Waals surface area contributed by atoms with E-state index in [2.05, 4.69) is 14.9 Å². The maximum Gasteiger partial charge on any atom is 0.149 e.